The third-order valence-corrected chi connectivity index (χ3v) is 1.71. The molecular weight excluding hydrogens is 166 g/mol. The van der Waals surface area contributed by atoms with Crippen LogP contribution in [-0.4, -0.2) is 9.97 Å². The Morgan fingerprint density at radius 1 is 1.08 bits per heavy atom. The number of rotatable bonds is 0. The topological polar surface area (TPSA) is 89.8 Å². The molecule has 1 aromatic heterocycles. The van der Waals surface area contributed by atoms with Gasteiger partial charge >= 0.3 is 0 Å². The van der Waals surface area contributed by atoms with Crippen LogP contribution < -0.4 is 16.8 Å². The smallest absolute Gasteiger partial charge is 0.222 e. The van der Waals surface area contributed by atoms with Crippen molar-refractivity contribution in [2.24, 2.45) is 0 Å². The third kappa shape index (κ3) is 1.31. The van der Waals surface area contributed by atoms with Gasteiger partial charge < -0.3 is 16.8 Å². The van der Waals surface area contributed by atoms with E-state index < -0.39 is 0 Å². The number of aromatic nitrogens is 2. The van der Waals surface area contributed by atoms with Crippen molar-refractivity contribution in [3.63, 3.8) is 0 Å². The van der Waals surface area contributed by atoms with Gasteiger partial charge in [0.05, 0.1) is 5.69 Å². The van der Waals surface area contributed by atoms with Crippen molar-refractivity contribution < 1.29 is 0 Å². The van der Waals surface area contributed by atoms with Gasteiger partial charge in [-0.1, -0.05) is 0 Å². The summed E-state index contributed by atoms with van der Waals surface area (Å²) in [6, 6.07) is 0. The maximum absolute atomic E-state index is 5.67. The number of nitrogens with two attached hydrogens (primary N) is 2. The summed E-state index contributed by atoms with van der Waals surface area (Å²) in [5, 5.41) is 2.92. The first kappa shape index (κ1) is 7.60. The van der Waals surface area contributed by atoms with Gasteiger partial charge in [-0.05, 0) is 12.2 Å². The summed E-state index contributed by atoms with van der Waals surface area (Å²) in [5.74, 6) is 0.586. The van der Waals surface area contributed by atoms with Crippen LogP contribution >= 0.6 is 0 Å². The second kappa shape index (κ2) is 2.78. The molecule has 0 spiro atoms. The van der Waals surface area contributed by atoms with E-state index >= 15 is 0 Å². The molecular formula is C8H9N5. The molecule has 1 aliphatic rings. The predicted molar refractivity (Wildman–Crippen MR) is 52.1 cm³/mol. The van der Waals surface area contributed by atoms with E-state index in [9.17, 15) is 0 Å². The minimum atomic E-state index is 0.191. The van der Waals surface area contributed by atoms with Crippen LogP contribution in [0.3, 0.4) is 0 Å². The largest absolute Gasteiger partial charge is 0.383 e. The lowest BCUT2D eigenvalue weighted by molar-refractivity contribution is 1.17. The molecule has 0 aliphatic carbocycles. The molecule has 0 saturated heterocycles. The van der Waals surface area contributed by atoms with Crippen LogP contribution in [0.4, 0.5) is 11.8 Å². The Labute approximate surface area is 75.2 Å². The monoisotopic (exact) mass is 175 g/mol. The Morgan fingerprint density at radius 2 is 1.85 bits per heavy atom. The van der Waals surface area contributed by atoms with Gasteiger partial charge in [-0.2, -0.15) is 4.98 Å². The maximum Gasteiger partial charge on any atom is 0.222 e. The number of nitrogens with one attached hydrogen (secondary N) is 1. The van der Waals surface area contributed by atoms with E-state index in [0.717, 1.165) is 11.3 Å². The van der Waals surface area contributed by atoms with Crippen LogP contribution in [-0.2, 0) is 0 Å². The zero-order valence-corrected chi connectivity index (χ0v) is 6.86. The molecule has 2 heterocycles. The second-order valence-electron chi connectivity index (χ2n) is 2.60. The lowest BCUT2D eigenvalue weighted by Gasteiger charge is -2.03. The van der Waals surface area contributed by atoms with Crippen molar-refractivity contribution in [2.75, 3.05) is 11.5 Å². The molecule has 0 saturated carbocycles. The normalized spacial score (nSPS) is 13.2. The highest BCUT2D eigenvalue weighted by atomic mass is 15.0. The molecule has 1 aliphatic heterocycles. The number of nitrogen functional groups attached to an aromatic ring is 2. The summed E-state index contributed by atoms with van der Waals surface area (Å²) < 4.78 is 0. The van der Waals surface area contributed by atoms with Gasteiger partial charge in [0.25, 0.3) is 0 Å². The predicted octanol–water partition coefficient (Wildman–Crippen LogP) is 0.186. The summed E-state index contributed by atoms with van der Waals surface area (Å²) in [4.78, 5) is 7.90. The van der Waals surface area contributed by atoms with E-state index in [4.69, 9.17) is 11.5 Å². The molecule has 0 bridgehead atoms. The highest BCUT2D eigenvalue weighted by Crippen LogP contribution is 2.18. The summed E-state index contributed by atoms with van der Waals surface area (Å²) in [6.07, 6.45) is 7.13. The molecule has 66 valence electrons. The first-order chi connectivity index (χ1) is 6.27. The molecule has 0 atom stereocenters. The quantitative estimate of drug-likeness (QED) is 0.523. The fraction of sp³-hybridized carbons (Fsp3) is 0. The van der Waals surface area contributed by atoms with Crippen molar-refractivity contribution in [3.05, 3.63) is 23.7 Å². The minimum Gasteiger partial charge on any atom is -0.383 e. The summed E-state index contributed by atoms with van der Waals surface area (Å²) in [5.41, 5.74) is 12.6. The van der Waals surface area contributed by atoms with Gasteiger partial charge in [0, 0.05) is 18.0 Å². The Bertz CT molecular complexity index is 394. The van der Waals surface area contributed by atoms with Crippen molar-refractivity contribution >= 4 is 23.9 Å². The number of fused-ring (bicyclic) bond motifs is 1. The molecule has 0 aromatic carbocycles. The van der Waals surface area contributed by atoms with Crippen LogP contribution in [0.25, 0.3) is 12.2 Å². The molecule has 13 heavy (non-hydrogen) atoms. The van der Waals surface area contributed by atoms with Crippen LogP contribution in [0.5, 0.6) is 0 Å². The minimum absolute atomic E-state index is 0.191. The molecule has 0 radical (unpaired) electrons. The zero-order chi connectivity index (χ0) is 9.26. The molecule has 0 fully saturated rings. The molecule has 2 rings (SSSR count). The van der Waals surface area contributed by atoms with E-state index in [0.29, 0.717) is 5.82 Å². The van der Waals surface area contributed by atoms with E-state index in [-0.39, 0.29) is 5.95 Å². The van der Waals surface area contributed by atoms with E-state index in [1.807, 2.05) is 6.08 Å². The number of hydrogen-bond donors (Lipinski definition) is 3. The van der Waals surface area contributed by atoms with Gasteiger partial charge in [0.1, 0.15) is 5.82 Å². The number of hydrogen-bond acceptors (Lipinski definition) is 5. The maximum atomic E-state index is 5.67. The van der Waals surface area contributed by atoms with Crippen LogP contribution in [0, 0.1) is 0 Å². The van der Waals surface area contributed by atoms with E-state index in [1.165, 1.54) is 0 Å². The van der Waals surface area contributed by atoms with Crippen molar-refractivity contribution in [3.8, 4) is 0 Å². The van der Waals surface area contributed by atoms with E-state index in [2.05, 4.69) is 15.3 Å². The SMILES string of the molecule is Nc1nc(N)c2c(n1)C=CNC=C2. The third-order valence-electron chi connectivity index (χ3n) is 1.71. The molecule has 5 N–H and O–H groups in total. The summed E-state index contributed by atoms with van der Waals surface area (Å²) in [6.45, 7) is 0. The first-order valence-corrected chi connectivity index (χ1v) is 3.79. The standard InChI is InChI=1S/C8H9N5/c9-7-5-1-3-11-4-2-6(5)12-8(10)13-7/h1-4,11H,(H4,9,10,12,13). The fourth-order valence-corrected chi connectivity index (χ4v) is 1.14. The van der Waals surface area contributed by atoms with Crippen molar-refractivity contribution in [2.45, 2.75) is 0 Å². The lowest BCUT2D eigenvalue weighted by atomic mass is 10.2. The van der Waals surface area contributed by atoms with Gasteiger partial charge in [0.15, 0.2) is 0 Å². The highest BCUT2D eigenvalue weighted by molar-refractivity contribution is 5.72. The van der Waals surface area contributed by atoms with E-state index in [1.54, 1.807) is 18.5 Å². The molecule has 1 aromatic rings. The van der Waals surface area contributed by atoms with Gasteiger partial charge in [-0.25, -0.2) is 4.98 Å². The van der Waals surface area contributed by atoms with Crippen molar-refractivity contribution in [1.82, 2.24) is 15.3 Å². The van der Waals surface area contributed by atoms with Crippen molar-refractivity contribution in [1.29, 1.82) is 0 Å². The first-order valence-electron chi connectivity index (χ1n) is 3.79. The molecule has 0 unspecified atom stereocenters. The Balaban J connectivity index is 2.67. The average molecular weight is 175 g/mol. The molecule has 5 nitrogen and oxygen atoms in total. The number of nitrogens with zero attached hydrogens (tertiary/aromatic N) is 2. The second-order valence-corrected chi connectivity index (χ2v) is 2.60. The fourth-order valence-electron chi connectivity index (χ4n) is 1.14. The average Bonchev–Trinajstić information content (AvgIpc) is 2.28. The molecule has 5 heteroatoms. The van der Waals surface area contributed by atoms with Gasteiger partial charge in [-0.3, -0.25) is 0 Å². The Hall–Kier alpha value is -2.04. The number of anilines is 2. The summed E-state index contributed by atoms with van der Waals surface area (Å²) in [7, 11) is 0. The molecule has 0 amide bonds. The van der Waals surface area contributed by atoms with Crippen LogP contribution in [0.15, 0.2) is 12.4 Å². The lowest BCUT2D eigenvalue weighted by Crippen LogP contribution is -2.04. The highest BCUT2D eigenvalue weighted by Gasteiger charge is 2.07. The Kier molecular flexibility index (Phi) is 1.63. The van der Waals surface area contributed by atoms with Crippen LogP contribution in [0.2, 0.25) is 0 Å². The van der Waals surface area contributed by atoms with Gasteiger partial charge in [0.2, 0.25) is 5.95 Å². The summed E-state index contributed by atoms with van der Waals surface area (Å²) >= 11 is 0. The van der Waals surface area contributed by atoms with Gasteiger partial charge in [-0.15, -0.1) is 0 Å². The van der Waals surface area contributed by atoms with Crippen LogP contribution in [0.1, 0.15) is 11.3 Å². The zero-order valence-electron chi connectivity index (χ0n) is 6.86. The Morgan fingerprint density at radius 3 is 2.69 bits per heavy atom.